The van der Waals surface area contributed by atoms with Gasteiger partial charge in [-0.1, -0.05) is 23.7 Å². The Balaban J connectivity index is 1.90. The topological polar surface area (TPSA) is 102 Å². The van der Waals surface area contributed by atoms with E-state index in [1.165, 1.54) is 11.3 Å². The molecule has 0 radical (unpaired) electrons. The summed E-state index contributed by atoms with van der Waals surface area (Å²) >= 11 is 7.56. The number of nitrogens with two attached hydrogens (primary N) is 1. The van der Waals surface area contributed by atoms with Crippen LogP contribution in [0.4, 0.5) is 0 Å². The Morgan fingerprint density at radius 2 is 2.16 bits per heavy atom. The van der Waals surface area contributed by atoms with Crippen molar-refractivity contribution in [2.45, 2.75) is 6.92 Å². The number of fused-ring (bicyclic) bond motifs is 1. The maximum absolute atomic E-state index is 11.3. The minimum atomic E-state index is -0.538. The van der Waals surface area contributed by atoms with Gasteiger partial charge in [0.05, 0.1) is 28.0 Å². The third-order valence-corrected chi connectivity index (χ3v) is 5.18. The van der Waals surface area contributed by atoms with Crippen molar-refractivity contribution in [2.75, 3.05) is 0 Å². The second-order valence-electron chi connectivity index (χ2n) is 5.56. The summed E-state index contributed by atoms with van der Waals surface area (Å²) in [5.41, 5.74) is 9.93. The molecule has 3 N–H and O–H groups in total. The number of aromatic nitrogens is 5. The monoisotopic (exact) mass is 372 g/mol. The van der Waals surface area contributed by atoms with Crippen LogP contribution in [-0.4, -0.2) is 30.6 Å². The van der Waals surface area contributed by atoms with E-state index in [4.69, 9.17) is 22.3 Å². The van der Waals surface area contributed by atoms with Crippen molar-refractivity contribution in [1.29, 1.82) is 0 Å². The summed E-state index contributed by atoms with van der Waals surface area (Å²) < 4.78 is 1.61. The number of carbonyl (C=O) groups is 1. The van der Waals surface area contributed by atoms with E-state index in [1.54, 1.807) is 17.1 Å². The SMILES string of the molecule is Cc1nn(C)c(Cl)c1-c1nc2c(-c3csc(C(N)=O)n3)cccc2[nH]1. The Kier molecular flexibility index (Phi) is 3.59. The highest BCUT2D eigenvalue weighted by molar-refractivity contribution is 7.12. The zero-order valence-electron chi connectivity index (χ0n) is 13.4. The number of hydrogen-bond donors (Lipinski definition) is 2. The van der Waals surface area contributed by atoms with Crippen LogP contribution in [0.2, 0.25) is 5.15 Å². The molecule has 1 amide bonds. The molecular weight excluding hydrogens is 360 g/mol. The highest BCUT2D eigenvalue weighted by atomic mass is 35.5. The average Bonchev–Trinajstić information content (AvgIpc) is 3.25. The molecule has 0 unspecified atom stereocenters. The smallest absolute Gasteiger partial charge is 0.277 e. The second kappa shape index (κ2) is 5.68. The lowest BCUT2D eigenvalue weighted by molar-refractivity contribution is 0.1000. The van der Waals surface area contributed by atoms with E-state index >= 15 is 0 Å². The van der Waals surface area contributed by atoms with Crippen molar-refractivity contribution < 1.29 is 4.79 Å². The van der Waals surface area contributed by atoms with Crippen LogP contribution in [-0.2, 0) is 7.05 Å². The minimum Gasteiger partial charge on any atom is -0.364 e. The van der Waals surface area contributed by atoms with Crippen LogP contribution >= 0.6 is 22.9 Å². The number of hydrogen-bond acceptors (Lipinski definition) is 5. The highest BCUT2D eigenvalue weighted by Crippen LogP contribution is 2.33. The van der Waals surface area contributed by atoms with Gasteiger partial charge in [0.1, 0.15) is 11.0 Å². The van der Waals surface area contributed by atoms with E-state index in [9.17, 15) is 4.79 Å². The van der Waals surface area contributed by atoms with E-state index in [2.05, 4.69) is 15.1 Å². The van der Waals surface area contributed by atoms with E-state index in [0.29, 0.717) is 16.7 Å². The Morgan fingerprint density at radius 3 is 2.80 bits per heavy atom. The number of carbonyl (C=O) groups excluding carboxylic acids is 1. The molecule has 1 aromatic carbocycles. The van der Waals surface area contributed by atoms with E-state index in [0.717, 1.165) is 27.9 Å². The number of nitrogens with one attached hydrogen (secondary N) is 1. The van der Waals surface area contributed by atoms with Gasteiger partial charge in [0, 0.05) is 18.0 Å². The predicted molar refractivity (Wildman–Crippen MR) is 97.7 cm³/mol. The first-order valence-electron chi connectivity index (χ1n) is 7.39. The number of rotatable bonds is 3. The number of halogens is 1. The molecule has 7 nitrogen and oxygen atoms in total. The minimum absolute atomic E-state index is 0.272. The number of aromatic amines is 1. The molecule has 25 heavy (non-hydrogen) atoms. The maximum Gasteiger partial charge on any atom is 0.277 e. The first-order valence-corrected chi connectivity index (χ1v) is 8.65. The van der Waals surface area contributed by atoms with Crippen LogP contribution in [0, 0.1) is 6.92 Å². The Morgan fingerprint density at radius 1 is 1.36 bits per heavy atom. The summed E-state index contributed by atoms with van der Waals surface area (Å²) in [4.78, 5) is 23.6. The third kappa shape index (κ3) is 2.50. The van der Waals surface area contributed by atoms with Gasteiger partial charge in [0.2, 0.25) is 0 Å². The standard InChI is InChI=1S/C16H13ClN6OS/c1-7-11(13(17)23(2)22-7)15-19-9-5-3-4-8(12(9)21-15)10-6-25-16(20-10)14(18)24/h3-6H,1-2H3,(H2,18,24)(H,19,21). The summed E-state index contributed by atoms with van der Waals surface area (Å²) in [5, 5.41) is 6.91. The summed E-state index contributed by atoms with van der Waals surface area (Å²) in [6.45, 7) is 1.88. The van der Waals surface area contributed by atoms with Crippen molar-refractivity contribution in [3.8, 4) is 22.6 Å². The molecule has 126 valence electrons. The van der Waals surface area contributed by atoms with Crippen molar-refractivity contribution in [2.24, 2.45) is 12.8 Å². The first-order chi connectivity index (χ1) is 12.0. The fourth-order valence-corrected chi connectivity index (χ4v) is 3.70. The van der Waals surface area contributed by atoms with Crippen LogP contribution in [0.1, 0.15) is 15.5 Å². The summed E-state index contributed by atoms with van der Waals surface area (Å²) in [6.07, 6.45) is 0. The molecule has 0 fully saturated rings. The molecule has 9 heteroatoms. The molecular formula is C16H13ClN6OS. The molecule has 0 aliphatic rings. The molecule has 0 bridgehead atoms. The van der Waals surface area contributed by atoms with E-state index < -0.39 is 5.91 Å². The molecule has 4 aromatic rings. The number of H-pyrrole nitrogens is 1. The zero-order valence-corrected chi connectivity index (χ0v) is 14.9. The number of aryl methyl sites for hydroxylation is 2. The van der Waals surface area contributed by atoms with Crippen LogP contribution in [0.25, 0.3) is 33.7 Å². The van der Waals surface area contributed by atoms with Crippen LogP contribution in [0.5, 0.6) is 0 Å². The van der Waals surface area contributed by atoms with Crippen LogP contribution in [0.15, 0.2) is 23.6 Å². The van der Waals surface area contributed by atoms with Crippen molar-refractivity contribution in [1.82, 2.24) is 24.7 Å². The fourth-order valence-electron chi connectivity index (χ4n) is 2.77. The quantitative estimate of drug-likeness (QED) is 0.576. The van der Waals surface area contributed by atoms with Gasteiger partial charge in [0.25, 0.3) is 5.91 Å². The number of thiazole rings is 1. The summed E-state index contributed by atoms with van der Waals surface area (Å²) in [7, 11) is 1.79. The van der Waals surface area contributed by atoms with Gasteiger partial charge in [-0.15, -0.1) is 11.3 Å². The summed E-state index contributed by atoms with van der Waals surface area (Å²) in [5.74, 6) is 0.104. The lowest BCUT2D eigenvalue weighted by Crippen LogP contribution is -2.10. The fraction of sp³-hybridized carbons (Fsp3) is 0.125. The van der Waals surface area contributed by atoms with Gasteiger partial charge in [-0.3, -0.25) is 9.48 Å². The number of nitrogens with zero attached hydrogens (tertiary/aromatic N) is 4. The molecule has 0 saturated carbocycles. The number of imidazole rings is 1. The summed E-state index contributed by atoms with van der Waals surface area (Å²) in [6, 6.07) is 5.74. The van der Waals surface area contributed by atoms with Crippen LogP contribution in [0.3, 0.4) is 0 Å². The van der Waals surface area contributed by atoms with Crippen molar-refractivity contribution in [3.05, 3.63) is 39.4 Å². The molecule has 3 heterocycles. The zero-order chi connectivity index (χ0) is 17.7. The van der Waals surface area contributed by atoms with Crippen LogP contribution < -0.4 is 5.73 Å². The Hall–Kier alpha value is -2.71. The van der Waals surface area contributed by atoms with Gasteiger partial charge < -0.3 is 10.7 Å². The van der Waals surface area contributed by atoms with Gasteiger partial charge in [-0.25, -0.2) is 9.97 Å². The van der Waals surface area contributed by atoms with E-state index in [1.807, 2.05) is 25.1 Å². The maximum atomic E-state index is 11.3. The molecule has 0 saturated heterocycles. The van der Waals surface area contributed by atoms with Gasteiger partial charge in [-0.05, 0) is 13.0 Å². The van der Waals surface area contributed by atoms with Crippen molar-refractivity contribution in [3.63, 3.8) is 0 Å². The lowest BCUT2D eigenvalue weighted by Gasteiger charge is -1.97. The van der Waals surface area contributed by atoms with E-state index in [-0.39, 0.29) is 5.01 Å². The normalized spacial score (nSPS) is 11.3. The number of primary amides is 1. The number of benzene rings is 1. The van der Waals surface area contributed by atoms with Gasteiger partial charge in [0.15, 0.2) is 5.01 Å². The first kappa shape index (κ1) is 15.8. The number of para-hydroxylation sites is 1. The lowest BCUT2D eigenvalue weighted by atomic mass is 10.1. The third-order valence-electron chi connectivity index (χ3n) is 3.89. The molecule has 0 atom stereocenters. The average molecular weight is 373 g/mol. The molecule has 0 aliphatic heterocycles. The largest absolute Gasteiger partial charge is 0.364 e. The van der Waals surface area contributed by atoms with Crippen molar-refractivity contribution >= 4 is 39.9 Å². The molecule has 0 aliphatic carbocycles. The highest BCUT2D eigenvalue weighted by Gasteiger charge is 2.19. The van der Waals surface area contributed by atoms with Gasteiger partial charge >= 0.3 is 0 Å². The van der Waals surface area contributed by atoms with Gasteiger partial charge in [-0.2, -0.15) is 5.10 Å². The Bertz CT molecular complexity index is 1130. The second-order valence-corrected chi connectivity index (χ2v) is 6.78. The molecule has 3 aromatic heterocycles. The molecule has 0 spiro atoms. The molecule has 4 rings (SSSR count). The Labute approximate surface area is 151 Å². The predicted octanol–water partition coefficient (Wildman–Crippen LogP) is 3.15. The number of amides is 1.